The minimum atomic E-state index is 0.395. The summed E-state index contributed by atoms with van der Waals surface area (Å²) >= 11 is 0. The van der Waals surface area contributed by atoms with Gasteiger partial charge in [0.05, 0.1) is 0 Å². The Morgan fingerprint density at radius 3 is 2.25 bits per heavy atom. The predicted molar refractivity (Wildman–Crippen MR) is 66.8 cm³/mol. The Kier molecular flexibility index (Phi) is 2.95. The van der Waals surface area contributed by atoms with E-state index >= 15 is 0 Å². The summed E-state index contributed by atoms with van der Waals surface area (Å²) in [6.45, 7) is 4.09. The highest BCUT2D eigenvalue weighted by Gasteiger charge is 2.04. The van der Waals surface area contributed by atoms with Gasteiger partial charge in [-0.1, -0.05) is 36.4 Å². The van der Waals surface area contributed by atoms with Crippen molar-refractivity contribution in [3.05, 3.63) is 64.7 Å². The molecule has 1 N–H and O–H groups in total. The average molecular weight is 212 g/mol. The van der Waals surface area contributed by atoms with Gasteiger partial charge >= 0.3 is 0 Å². The number of aromatic hydroxyl groups is 1. The average Bonchev–Trinajstić information content (AvgIpc) is 2.27. The second kappa shape index (κ2) is 4.40. The maximum atomic E-state index is 9.88. The van der Waals surface area contributed by atoms with E-state index in [0.29, 0.717) is 5.75 Å². The summed E-state index contributed by atoms with van der Waals surface area (Å²) in [5.74, 6) is 0.395. The van der Waals surface area contributed by atoms with Gasteiger partial charge in [0.15, 0.2) is 0 Å². The number of phenols is 1. The Morgan fingerprint density at radius 2 is 1.56 bits per heavy atom. The van der Waals surface area contributed by atoms with E-state index in [2.05, 4.69) is 25.1 Å². The molecule has 2 rings (SSSR count). The van der Waals surface area contributed by atoms with Gasteiger partial charge in [-0.05, 0) is 42.2 Å². The van der Waals surface area contributed by atoms with Crippen LogP contribution in [-0.2, 0) is 6.42 Å². The molecule has 0 aromatic heterocycles. The standard InChI is InChI=1S/C15H16O/c1-11-8-14(15(16)9-12(11)2)10-13-6-4-3-5-7-13/h3-9,16H,10H2,1-2H3. The van der Waals surface area contributed by atoms with Crippen LogP contribution in [0.3, 0.4) is 0 Å². The van der Waals surface area contributed by atoms with Gasteiger partial charge in [-0.3, -0.25) is 0 Å². The lowest BCUT2D eigenvalue weighted by molar-refractivity contribution is 0.469. The van der Waals surface area contributed by atoms with Crippen LogP contribution in [0.5, 0.6) is 5.75 Å². The molecule has 0 atom stereocenters. The third-order valence-corrected chi connectivity index (χ3v) is 2.93. The number of hydrogen-bond acceptors (Lipinski definition) is 1. The van der Waals surface area contributed by atoms with Crippen molar-refractivity contribution in [3.8, 4) is 5.75 Å². The SMILES string of the molecule is Cc1cc(O)c(Cc2ccccc2)cc1C. The summed E-state index contributed by atoms with van der Waals surface area (Å²) in [6, 6.07) is 14.1. The molecule has 2 aromatic rings. The molecule has 0 aliphatic heterocycles. The van der Waals surface area contributed by atoms with Gasteiger partial charge in [0, 0.05) is 6.42 Å². The largest absolute Gasteiger partial charge is 0.508 e. The molecule has 0 unspecified atom stereocenters. The van der Waals surface area contributed by atoms with Gasteiger partial charge in [-0.2, -0.15) is 0 Å². The fourth-order valence-electron chi connectivity index (χ4n) is 1.82. The van der Waals surface area contributed by atoms with Gasteiger partial charge in [-0.15, -0.1) is 0 Å². The molecule has 0 radical (unpaired) electrons. The molecule has 0 saturated carbocycles. The Bertz CT molecular complexity index is 486. The Balaban J connectivity index is 2.32. The zero-order chi connectivity index (χ0) is 11.5. The van der Waals surface area contributed by atoms with Crippen molar-refractivity contribution in [2.45, 2.75) is 20.3 Å². The van der Waals surface area contributed by atoms with Crippen molar-refractivity contribution in [3.63, 3.8) is 0 Å². The molecule has 2 aromatic carbocycles. The van der Waals surface area contributed by atoms with Crippen LogP contribution in [0, 0.1) is 13.8 Å². The maximum Gasteiger partial charge on any atom is 0.119 e. The fraction of sp³-hybridized carbons (Fsp3) is 0.200. The lowest BCUT2D eigenvalue weighted by atomic mass is 9.99. The molecule has 0 amide bonds. The van der Waals surface area contributed by atoms with E-state index in [1.54, 1.807) is 0 Å². The van der Waals surface area contributed by atoms with Gasteiger partial charge in [0.25, 0.3) is 0 Å². The van der Waals surface area contributed by atoms with Crippen molar-refractivity contribution >= 4 is 0 Å². The third-order valence-electron chi connectivity index (χ3n) is 2.93. The molecule has 1 heteroatoms. The Morgan fingerprint density at radius 1 is 0.938 bits per heavy atom. The van der Waals surface area contributed by atoms with Gasteiger partial charge in [-0.25, -0.2) is 0 Å². The number of phenolic OH excluding ortho intramolecular Hbond substituents is 1. The first-order chi connectivity index (χ1) is 7.66. The molecule has 16 heavy (non-hydrogen) atoms. The van der Waals surface area contributed by atoms with Gasteiger partial charge < -0.3 is 5.11 Å². The van der Waals surface area contributed by atoms with E-state index < -0.39 is 0 Å². The lowest BCUT2D eigenvalue weighted by Gasteiger charge is -2.08. The highest BCUT2D eigenvalue weighted by molar-refractivity contribution is 5.43. The van der Waals surface area contributed by atoms with Crippen LogP contribution in [-0.4, -0.2) is 5.11 Å². The number of benzene rings is 2. The molecule has 0 heterocycles. The molecule has 0 aliphatic rings. The Labute approximate surface area is 96.4 Å². The maximum absolute atomic E-state index is 9.88. The van der Waals surface area contributed by atoms with Crippen molar-refractivity contribution in [2.24, 2.45) is 0 Å². The molecule has 1 nitrogen and oxygen atoms in total. The molecule has 0 bridgehead atoms. The van der Waals surface area contributed by atoms with Crippen molar-refractivity contribution in [1.82, 2.24) is 0 Å². The smallest absolute Gasteiger partial charge is 0.119 e. The predicted octanol–water partition coefficient (Wildman–Crippen LogP) is 3.60. The molecular weight excluding hydrogens is 196 g/mol. The number of rotatable bonds is 2. The summed E-state index contributed by atoms with van der Waals surface area (Å²) in [7, 11) is 0. The minimum Gasteiger partial charge on any atom is -0.508 e. The first kappa shape index (κ1) is 10.7. The minimum absolute atomic E-state index is 0.395. The first-order valence-corrected chi connectivity index (χ1v) is 5.50. The zero-order valence-electron chi connectivity index (χ0n) is 9.70. The van der Waals surface area contributed by atoms with Gasteiger partial charge in [0.2, 0.25) is 0 Å². The van der Waals surface area contributed by atoms with Crippen LogP contribution in [0.2, 0.25) is 0 Å². The first-order valence-electron chi connectivity index (χ1n) is 5.50. The topological polar surface area (TPSA) is 20.2 Å². The fourth-order valence-corrected chi connectivity index (χ4v) is 1.82. The lowest BCUT2D eigenvalue weighted by Crippen LogP contribution is -1.91. The molecule has 0 spiro atoms. The molecule has 0 fully saturated rings. The van der Waals surface area contributed by atoms with E-state index in [1.807, 2.05) is 31.2 Å². The Hall–Kier alpha value is -1.76. The van der Waals surface area contributed by atoms with Crippen LogP contribution in [0.1, 0.15) is 22.3 Å². The normalized spacial score (nSPS) is 10.4. The number of hydrogen-bond donors (Lipinski definition) is 1. The van der Waals surface area contributed by atoms with Crippen molar-refractivity contribution < 1.29 is 5.11 Å². The molecule has 0 saturated heterocycles. The highest BCUT2D eigenvalue weighted by atomic mass is 16.3. The zero-order valence-corrected chi connectivity index (χ0v) is 9.70. The van der Waals surface area contributed by atoms with E-state index in [1.165, 1.54) is 11.1 Å². The molecular formula is C15H16O. The summed E-state index contributed by atoms with van der Waals surface area (Å²) in [5, 5.41) is 9.88. The second-order valence-electron chi connectivity index (χ2n) is 4.23. The van der Waals surface area contributed by atoms with Crippen molar-refractivity contribution in [2.75, 3.05) is 0 Å². The van der Waals surface area contributed by atoms with Crippen molar-refractivity contribution in [1.29, 1.82) is 0 Å². The highest BCUT2D eigenvalue weighted by Crippen LogP contribution is 2.24. The van der Waals surface area contributed by atoms with E-state index in [9.17, 15) is 5.11 Å². The van der Waals surface area contributed by atoms with Crippen LogP contribution in [0.15, 0.2) is 42.5 Å². The van der Waals surface area contributed by atoms with Crippen LogP contribution >= 0.6 is 0 Å². The van der Waals surface area contributed by atoms with Crippen LogP contribution in [0.4, 0.5) is 0 Å². The van der Waals surface area contributed by atoms with E-state index in [0.717, 1.165) is 17.5 Å². The third kappa shape index (κ3) is 2.25. The van der Waals surface area contributed by atoms with E-state index in [-0.39, 0.29) is 0 Å². The summed E-state index contributed by atoms with van der Waals surface area (Å²) in [4.78, 5) is 0. The summed E-state index contributed by atoms with van der Waals surface area (Å²) in [6.07, 6.45) is 0.786. The monoisotopic (exact) mass is 212 g/mol. The van der Waals surface area contributed by atoms with Gasteiger partial charge in [0.1, 0.15) is 5.75 Å². The quantitative estimate of drug-likeness (QED) is 0.806. The summed E-state index contributed by atoms with van der Waals surface area (Å²) < 4.78 is 0. The summed E-state index contributed by atoms with van der Waals surface area (Å²) in [5.41, 5.74) is 4.58. The second-order valence-corrected chi connectivity index (χ2v) is 4.23. The molecule has 82 valence electrons. The van der Waals surface area contributed by atoms with E-state index in [4.69, 9.17) is 0 Å². The van der Waals surface area contributed by atoms with Crippen LogP contribution < -0.4 is 0 Å². The molecule has 0 aliphatic carbocycles. The number of aryl methyl sites for hydroxylation is 2. The van der Waals surface area contributed by atoms with Crippen LogP contribution in [0.25, 0.3) is 0 Å².